The first-order valence-electron chi connectivity index (χ1n) is 9.24. The average molecular weight is 348 g/mol. The molecule has 2 atom stereocenters. The van der Waals surface area contributed by atoms with Gasteiger partial charge in [0.2, 0.25) is 5.91 Å². The van der Waals surface area contributed by atoms with Crippen molar-refractivity contribution < 1.29 is 9.53 Å². The number of ether oxygens (including phenoxy) is 1. The number of aromatic nitrogens is 2. The number of hydrogen-bond acceptors (Lipinski definition) is 5. The lowest BCUT2D eigenvalue weighted by Gasteiger charge is -2.32. The van der Waals surface area contributed by atoms with Gasteiger partial charge in [-0.25, -0.2) is 4.98 Å². The van der Waals surface area contributed by atoms with Crippen molar-refractivity contribution in [3.05, 3.63) is 22.7 Å². The molecule has 3 rings (SSSR count). The van der Waals surface area contributed by atoms with Crippen LogP contribution in [0.15, 0.2) is 17.2 Å². The van der Waals surface area contributed by atoms with E-state index in [-0.39, 0.29) is 23.6 Å². The molecule has 138 valence electrons. The lowest BCUT2D eigenvalue weighted by molar-refractivity contribution is -0.122. The number of rotatable bonds is 5. The molecule has 3 heterocycles. The fourth-order valence-electron chi connectivity index (χ4n) is 3.63. The number of anilines is 1. The summed E-state index contributed by atoms with van der Waals surface area (Å²) in [6.45, 7) is 3.56. The molecule has 0 saturated carbocycles. The smallest absolute Gasteiger partial charge is 0.293 e. The molecular formula is C18H28N4O3. The Balaban J connectivity index is 1.42. The van der Waals surface area contributed by atoms with Crippen LogP contribution < -0.4 is 15.8 Å². The summed E-state index contributed by atoms with van der Waals surface area (Å²) in [5.41, 5.74) is -0.0734. The number of amides is 1. The van der Waals surface area contributed by atoms with Gasteiger partial charge < -0.3 is 19.5 Å². The average Bonchev–Trinajstić information content (AvgIpc) is 3.02. The van der Waals surface area contributed by atoms with E-state index in [9.17, 15) is 9.59 Å². The Morgan fingerprint density at radius 3 is 2.76 bits per heavy atom. The van der Waals surface area contributed by atoms with Gasteiger partial charge in [0, 0.05) is 45.0 Å². The van der Waals surface area contributed by atoms with Gasteiger partial charge in [-0.1, -0.05) is 0 Å². The van der Waals surface area contributed by atoms with E-state index in [2.05, 4.69) is 17.2 Å². The molecule has 2 aliphatic rings. The Morgan fingerprint density at radius 2 is 2.08 bits per heavy atom. The van der Waals surface area contributed by atoms with Gasteiger partial charge in [0.1, 0.15) is 0 Å². The Labute approximate surface area is 148 Å². The second kappa shape index (κ2) is 7.99. The van der Waals surface area contributed by atoms with Crippen LogP contribution in [0.4, 0.5) is 5.82 Å². The molecule has 1 aromatic rings. The minimum atomic E-state index is -0.0734. The van der Waals surface area contributed by atoms with Crippen LogP contribution in [0.5, 0.6) is 0 Å². The lowest BCUT2D eigenvalue weighted by Crippen LogP contribution is -2.46. The number of nitrogens with one attached hydrogen (secondary N) is 1. The summed E-state index contributed by atoms with van der Waals surface area (Å²) >= 11 is 0. The highest BCUT2D eigenvalue weighted by Gasteiger charge is 2.25. The normalized spacial score (nSPS) is 24.5. The third kappa shape index (κ3) is 4.60. The molecule has 0 spiro atoms. The van der Waals surface area contributed by atoms with Gasteiger partial charge in [-0.05, 0) is 39.0 Å². The SMILES string of the molecule is CC1CCC(CCC(=O)NC2CCN(c3nccn(C)c3=O)CC2)O1. The van der Waals surface area contributed by atoms with Crippen molar-refractivity contribution in [3.63, 3.8) is 0 Å². The summed E-state index contributed by atoms with van der Waals surface area (Å²) in [4.78, 5) is 30.5. The summed E-state index contributed by atoms with van der Waals surface area (Å²) in [6, 6.07) is 0.180. The molecule has 2 aliphatic heterocycles. The van der Waals surface area contributed by atoms with E-state index in [1.807, 2.05) is 4.90 Å². The van der Waals surface area contributed by atoms with Crippen LogP contribution in [0.25, 0.3) is 0 Å². The Bertz CT molecular complexity index is 652. The highest BCUT2D eigenvalue weighted by Crippen LogP contribution is 2.22. The van der Waals surface area contributed by atoms with E-state index in [0.29, 0.717) is 18.3 Å². The Hall–Kier alpha value is -1.89. The minimum absolute atomic E-state index is 0.0734. The highest BCUT2D eigenvalue weighted by atomic mass is 16.5. The van der Waals surface area contributed by atoms with Crippen LogP contribution in [-0.4, -0.2) is 46.8 Å². The van der Waals surface area contributed by atoms with Gasteiger partial charge in [0.25, 0.3) is 5.56 Å². The van der Waals surface area contributed by atoms with Crippen molar-refractivity contribution in [2.45, 2.75) is 63.7 Å². The zero-order valence-corrected chi connectivity index (χ0v) is 15.1. The van der Waals surface area contributed by atoms with Gasteiger partial charge in [0.15, 0.2) is 5.82 Å². The summed E-state index contributed by atoms with van der Waals surface area (Å²) in [6.07, 6.45) is 9.04. The standard InChI is InChI=1S/C18H28N4O3/c1-13-3-4-15(25-13)5-6-16(23)20-14-7-10-22(11-8-14)17-18(24)21(2)12-9-19-17/h9,12-15H,3-8,10-11H2,1-2H3,(H,20,23). The largest absolute Gasteiger partial charge is 0.375 e. The fourth-order valence-corrected chi connectivity index (χ4v) is 3.63. The predicted molar refractivity (Wildman–Crippen MR) is 95.7 cm³/mol. The third-order valence-corrected chi connectivity index (χ3v) is 5.17. The van der Waals surface area contributed by atoms with Crippen molar-refractivity contribution in [2.75, 3.05) is 18.0 Å². The molecule has 7 heteroatoms. The van der Waals surface area contributed by atoms with Gasteiger partial charge >= 0.3 is 0 Å². The maximum absolute atomic E-state index is 12.2. The van der Waals surface area contributed by atoms with Crippen LogP contribution in [0, 0.1) is 0 Å². The van der Waals surface area contributed by atoms with Crippen molar-refractivity contribution in [3.8, 4) is 0 Å². The lowest BCUT2D eigenvalue weighted by atomic mass is 10.0. The van der Waals surface area contributed by atoms with Crippen molar-refractivity contribution >= 4 is 11.7 Å². The summed E-state index contributed by atoms with van der Waals surface area (Å²) in [5.74, 6) is 0.609. The van der Waals surface area contributed by atoms with E-state index >= 15 is 0 Å². The van der Waals surface area contributed by atoms with Crippen molar-refractivity contribution in [1.82, 2.24) is 14.9 Å². The molecule has 7 nitrogen and oxygen atoms in total. The van der Waals surface area contributed by atoms with E-state index in [4.69, 9.17) is 4.74 Å². The molecule has 2 unspecified atom stereocenters. The highest BCUT2D eigenvalue weighted by molar-refractivity contribution is 5.76. The van der Waals surface area contributed by atoms with Crippen LogP contribution >= 0.6 is 0 Å². The number of hydrogen-bond donors (Lipinski definition) is 1. The monoisotopic (exact) mass is 348 g/mol. The number of aryl methyl sites for hydroxylation is 1. The van der Waals surface area contributed by atoms with Gasteiger partial charge in [0.05, 0.1) is 12.2 Å². The predicted octanol–water partition coefficient (Wildman–Crippen LogP) is 1.21. The zero-order chi connectivity index (χ0) is 17.8. The van der Waals surface area contributed by atoms with Crippen molar-refractivity contribution in [2.24, 2.45) is 7.05 Å². The van der Waals surface area contributed by atoms with E-state index in [0.717, 1.165) is 45.2 Å². The van der Waals surface area contributed by atoms with Crippen LogP contribution in [0.2, 0.25) is 0 Å². The van der Waals surface area contributed by atoms with Gasteiger partial charge in [-0.2, -0.15) is 0 Å². The first kappa shape index (κ1) is 17.9. The molecule has 1 amide bonds. The molecule has 0 aromatic carbocycles. The third-order valence-electron chi connectivity index (χ3n) is 5.17. The number of carbonyl (C=O) groups is 1. The minimum Gasteiger partial charge on any atom is -0.375 e. The molecule has 25 heavy (non-hydrogen) atoms. The van der Waals surface area contributed by atoms with Gasteiger partial charge in [-0.3, -0.25) is 9.59 Å². The van der Waals surface area contributed by atoms with Crippen LogP contribution in [-0.2, 0) is 16.6 Å². The first-order chi connectivity index (χ1) is 12.0. The molecule has 1 aromatic heterocycles. The van der Waals surface area contributed by atoms with E-state index in [1.165, 1.54) is 0 Å². The summed E-state index contributed by atoms with van der Waals surface area (Å²) in [5, 5.41) is 3.13. The maximum atomic E-state index is 12.2. The quantitative estimate of drug-likeness (QED) is 0.866. The topological polar surface area (TPSA) is 76.5 Å². The van der Waals surface area contributed by atoms with Crippen LogP contribution in [0.1, 0.15) is 45.4 Å². The molecule has 0 bridgehead atoms. The number of nitrogens with zero attached hydrogens (tertiary/aromatic N) is 3. The number of piperidine rings is 1. The summed E-state index contributed by atoms with van der Waals surface area (Å²) < 4.78 is 7.30. The zero-order valence-electron chi connectivity index (χ0n) is 15.1. The molecule has 1 N–H and O–H groups in total. The van der Waals surface area contributed by atoms with E-state index in [1.54, 1.807) is 24.0 Å². The molecular weight excluding hydrogens is 320 g/mol. The van der Waals surface area contributed by atoms with Crippen molar-refractivity contribution in [1.29, 1.82) is 0 Å². The fraction of sp³-hybridized carbons (Fsp3) is 0.722. The van der Waals surface area contributed by atoms with Crippen LogP contribution in [0.3, 0.4) is 0 Å². The summed E-state index contributed by atoms with van der Waals surface area (Å²) in [7, 11) is 1.73. The second-order valence-electron chi connectivity index (χ2n) is 7.18. The second-order valence-corrected chi connectivity index (χ2v) is 7.18. The van der Waals surface area contributed by atoms with E-state index < -0.39 is 0 Å². The molecule has 2 fully saturated rings. The molecule has 0 radical (unpaired) electrons. The molecule has 2 saturated heterocycles. The van der Waals surface area contributed by atoms with Gasteiger partial charge in [-0.15, -0.1) is 0 Å². The maximum Gasteiger partial charge on any atom is 0.293 e. The Kier molecular flexibility index (Phi) is 5.73. The Morgan fingerprint density at radius 1 is 1.32 bits per heavy atom. The first-order valence-corrected chi connectivity index (χ1v) is 9.24. The number of carbonyl (C=O) groups excluding carboxylic acids is 1. The molecule has 0 aliphatic carbocycles.